The smallest absolute Gasteiger partial charge is 0.0949 e. The van der Waals surface area contributed by atoms with Crippen molar-refractivity contribution >= 4 is 11.7 Å². The van der Waals surface area contributed by atoms with Crippen LogP contribution in [0.1, 0.15) is 30.6 Å². The maximum absolute atomic E-state index is 10.7. The van der Waals surface area contributed by atoms with Crippen LogP contribution in [0, 0.1) is 5.92 Å². The van der Waals surface area contributed by atoms with Crippen LogP contribution in [0.2, 0.25) is 0 Å². The molecule has 4 heteroatoms. The maximum atomic E-state index is 10.7. The predicted molar refractivity (Wildman–Crippen MR) is 78.0 cm³/mol. The molecule has 4 nitrogen and oxygen atoms in total. The van der Waals surface area contributed by atoms with Crippen LogP contribution in [0.3, 0.4) is 0 Å². The van der Waals surface area contributed by atoms with E-state index < -0.39 is 5.97 Å². The van der Waals surface area contributed by atoms with Gasteiger partial charge >= 0.3 is 0 Å². The first-order valence-corrected chi connectivity index (χ1v) is 7.46. The molecule has 1 aromatic carbocycles. The van der Waals surface area contributed by atoms with Crippen LogP contribution >= 0.6 is 0 Å². The number of nitrogens with one attached hydrogen (secondary N) is 1. The van der Waals surface area contributed by atoms with Crippen LogP contribution in [0.25, 0.3) is 0 Å². The van der Waals surface area contributed by atoms with Gasteiger partial charge in [0.25, 0.3) is 0 Å². The normalized spacial score (nSPS) is 16.6. The number of carboxylic acids is 1. The summed E-state index contributed by atoms with van der Waals surface area (Å²) in [6.45, 7) is 10.2. The van der Waals surface area contributed by atoms with Crippen LogP contribution < -0.4 is 14.9 Å². The van der Waals surface area contributed by atoms with Crippen LogP contribution in [0.15, 0.2) is 24.3 Å². The van der Waals surface area contributed by atoms with Gasteiger partial charge in [-0.25, -0.2) is 0 Å². The average Bonchev–Trinajstić information content (AvgIpc) is 2.46. The molecule has 110 valence electrons. The largest absolute Gasteiger partial charge is 0.545 e. The number of hydrogen-bond acceptors (Lipinski definition) is 3. The lowest BCUT2D eigenvalue weighted by molar-refractivity contribution is -0.901. The highest BCUT2D eigenvalue weighted by atomic mass is 16.4. The second-order valence-corrected chi connectivity index (χ2v) is 6.00. The first-order valence-electron chi connectivity index (χ1n) is 7.46. The first-order chi connectivity index (χ1) is 9.56. The van der Waals surface area contributed by atoms with E-state index in [1.165, 1.54) is 13.0 Å². The molecule has 0 aliphatic carbocycles. The van der Waals surface area contributed by atoms with Gasteiger partial charge in [0.05, 0.1) is 38.7 Å². The molecule has 2 rings (SSSR count). The Labute approximate surface area is 121 Å². The molecule has 0 aromatic heterocycles. The van der Waals surface area contributed by atoms with Crippen molar-refractivity contribution in [2.45, 2.75) is 20.3 Å². The number of piperazine rings is 1. The van der Waals surface area contributed by atoms with Crippen LogP contribution in [0.4, 0.5) is 5.69 Å². The van der Waals surface area contributed by atoms with E-state index in [4.69, 9.17) is 0 Å². The fourth-order valence-corrected chi connectivity index (χ4v) is 2.63. The summed E-state index contributed by atoms with van der Waals surface area (Å²) in [6, 6.07) is 7.01. The Morgan fingerprint density at radius 1 is 1.25 bits per heavy atom. The van der Waals surface area contributed by atoms with Gasteiger partial charge in [-0.1, -0.05) is 26.0 Å². The molecule has 0 amide bonds. The van der Waals surface area contributed by atoms with Gasteiger partial charge in [0.15, 0.2) is 0 Å². The third kappa shape index (κ3) is 3.97. The van der Waals surface area contributed by atoms with E-state index in [1.807, 2.05) is 12.1 Å². The van der Waals surface area contributed by atoms with E-state index in [1.54, 1.807) is 17.0 Å². The second-order valence-electron chi connectivity index (χ2n) is 6.00. The van der Waals surface area contributed by atoms with E-state index in [9.17, 15) is 9.90 Å². The van der Waals surface area contributed by atoms with Crippen molar-refractivity contribution in [2.24, 2.45) is 5.92 Å². The molecule has 0 unspecified atom stereocenters. The van der Waals surface area contributed by atoms with Crippen LogP contribution in [0.5, 0.6) is 0 Å². The van der Waals surface area contributed by atoms with Gasteiger partial charge in [-0.2, -0.15) is 0 Å². The highest BCUT2D eigenvalue weighted by Gasteiger charge is 2.19. The lowest BCUT2D eigenvalue weighted by Crippen LogP contribution is -3.14. The number of aromatic carboxylic acids is 1. The molecule has 1 fully saturated rings. The summed E-state index contributed by atoms with van der Waals surface area (Å²) in [5.41, 5.74) is 1.35. The highest BCUT2D eigenvalue weighted by Crippen LogP contribution is 2.15. The molecule has 1 aliphatic heterocycles. The van der Waals surface area contributed by atoms with Crippen molar-refractivity contribution in [1.29, 1.82) is 0 Å². The Bertz CT molecular complexity index is 434. The zero-order valence-corrected chi connectivity index (χ0v) is 12.4. The zero-order valence-electron chi connectivity index (χ0n) is 12.4. The third-order valence-electron chi connectivity index (χ3n) is 4.01. The molecule has 0 spiro atoms. The average molecular weight is 276 g/mol. The van der Waals surface area contributed by atoms with E-state index in [2.05, 4.69) is 18.7 Å². The number of carboxylic acid groups (broad SMARTS) is 1. The minimum Gasteiger partial charge on any atom is -0.545 e. The summed E-state index contributed by atoms with van der Waals surface area (Å²) < 4.78 is 0. The zero-order chi connectivity index (χ0) is 14.5. The molecule has 1 N–H and O–H groups in total. The van der Waals surface area contributed by atoms with E-state index in [-0.39, 0.29) is 5.56 Å². The van der Waals surface area contributed by atoms with Crippen molar-refractivity contribution in [3.8, 4) is 0 Å². The van der Waals surface area contributed by atoms with Gasteiger partial charge in [-0.05, 0) is 30.0 Å². The lowest BCUT2D eigenvalue weighted by Gasteiger charge is -2.34. The summed E-state index contributed by atoms with van der Waals surface area (Å²) in [5.74, 6) is -0.336. The van der Waals surface area contributed by atoms with Gasteiger partial charge in [0.1, 0.15) is 0 Å². The molecule has 20 heavy (non-hydrogen) atoms. The number of anilines is 1. The van der Waals surface area contributed by atoms with Crippen molar-refractivity contribution in [3.05, 3.63) is 29.8 Å². The van der Waals surface area contributed by atoms with Crippen molar-refractivity contribution in [3.63, 3.8) is 0 Å². The fraction of sp³-hybridized carbons (Fsp3) is 0.562. The van der Waals surface area contributed by atoms with Crippen molar-refractivity contribution in [2.75, 3.05) is 37.6 Å². The van der Waals surface area contributed by atoms with Crippen molar-refractivity contribution in [1.82, 2.24) is 0 Å². The third-order valence-corrected chi connectivity index (χ3v) is 4.01. The number of quaternary nitrogens is 1. The van der Waals surface area contributed by atoms with Gasteiger partial charge in [0, 0.05) is 5.69 Å². The molecule has 0 radical (unpaired) electrons. The minimum atomic E-state index is -1.11. The first kappa shape index (κ1) is 14.9. The molecule has 1 aliphatic rings. The summed E-state index contributed by atoms with van der Waals surface area (Å²) in [6.07, 6.45) is 1.29. The Hall–Kier alpha value is -1.55. The number of benzene rings is 1. The summed E-state index contributed by atoms with van der Waals surface area (Å²) >= 11 is 0. The summed E-state index contributed by atoms with van der Waals surface area (Å²) in [7, 11) is 0. The maximum Gasteiger partial charge on any atom is 0.0949 e. The molecule has 1 aromatic rings. The molecule has 0 bridgehead atoms. The van der Waals surface area contributed by atoms with Crippen LogP contribution in [-0.4, -0.2) is 38.7 Å². The van der Waals surface area contributed by atoms with Gasteiger partial charge in [0.2, 0.25) is 0 Å². The Morgan fingerprint density at radius 3 is 2.35 bits per heavy atom. The quantitative estimate of drug-likeness (QED) is 0.810. The number of hydrogen-bond donors (Lipinski definition) is 1. The SMILES string of the molecule is CC(C)CC[NH+]1CCN(c2ccc(C(=O)[O-])cc2)CC1. The lowest BCUT2D eigenvalue weighted by atomic mass is 10.1. The number of rotatable bonds is 5. The second kappa shape index (κ2) is 6.75. The van der Waals surface area contributed by atoms with E-state index in [0.29, 0.717) is 0 Å². The fourth-order valence-electron chi connectivity index (χ4n) is 2.63. The Kier molecular flexibility index (Phi) is 5.01. The van der Waals surface area contributed by atoms with Gasteiger partial charge in [-0.15, -0.1) is 0 Å². The topological polar surface area (TPSA) is 47.8 Å². The monoisotopic (exact) mass is 276 g/mol. The highest BCUT2D eigenvalue weighted by molar-refractivity contribution is 5.86. The van der Waals surface area contributed by atoms with Crippen LogP contribution in [-0.2, 0) is 0 Å². The Morgan fingerprint density at radius 2 is 1.85 bits per heavy atom. The summed E-state index contributed by atoms with van der Waals surface area (Å²) in [5, 5.41) is 10.7. The predicted octanol–water partition coefficient (Wildman–Crippen LogP) is -0.199. The minimum absolute atomic E-state index is 0.245. The van der Waals surface area contributed by atoms with E-state index in [0.717, 1.165) is 37.8 Å². The molecule has 0 atom stereocenters. The standard InChI is InChI=1S/C16H24N2O2/c1-13(2)7-8-17-9-11-18(12-10-17)15-5-3-14(4-6-15)16(19)20/h3-6,13H,7-12H2,1-2H3,(H,19,20). The number of nitrogens with zero attached hydrogens (tertiary/aromatic N) is 1. The number of carbonyl (C=O) groups excluding carboxylic acids is 1. The Balaban J connectivity index is 1.85. The van der Waals surface area contributed by atoms with Gasteiger partial charge < -0.3 is 19.7 Å². The van der Waals surface area contributed by atoms with Gasteiger partial charge in [-0.3, -0.25) is 0 Å². The number of carbonyl (C=O) groups is 1. The molecule has 1 heterocycles. The summed E-state index contributed by atoms with van der Waals surface area (Å²) in [4.78, 5) is 14.7. The molecule has 1 saturated heterocycles. The molecule has 0 saturated carbocycles. The molecular formula is C16H24N2O2. The van der Waals surface area contributed by atoms with E-state index >= 15 is 0 Å². The van der Waals surface area contributed by atoms with Crippen molar-refractivity contribution < 1.29 is 14.8 Å². The molecular weight excluding hydrogens is 252 g/mol.